The molecule has 0 bridgehead atoms. The largest absolute Gasteiger partial charge is 0.415 e. The Morgan fingerprint density at radius 2 is 2.05 bits per heavy atom. The molecule has 4 nitrogen and oxygen atoms in total. The molecular weight excluding hydrogens is 268 g/mol. The number of alkyl halides is 2. The molecule has 0 atom stereocenters. The van der Waals surface area contributed by atoms with Crippen molar-refractivity contribution in [1.29, 1.82) is 0 Å². The molecule has 102 valence electrons. The smallest absolute Gasteiger partial charge is 0.314 e. The molecule has 0 spiro atoms. The molecule has 2 aromatic rings. The van der Waals surface area contributed by atoms with Crippen LogP contribution < -0.4 is 4.94 Å². The SMILES string of the molecule is CCc1c(F)cc(-c2nnc(C(F)F)o2)cc1OF. The van der Waals surface area contributed by atoms with E-state index >= 15 is 0 Å². The highest BCUT2D eigenvalue weighted by molar-refractivity contribution is 5.58. The number of hydrogen-bond acceptors (Lipinski definition) is 4. The fraction of sp³-hybridized carbons (Fsp3) is 0.273. The van der Waals surface area contributed by atoms with E-state index in [0.717, 1.165) is 12.1 Å². The van der Waals surface area contributed by atoms with Crippen molar-refractivity contribution in [3.05, 3.63) is 29.4 Å². The second-order valence-electron chi connectivity index (χ2n) is 3.61. The van der Waals surface area contributed by atoms with Crippen molar-refractivity contribution in [2.75, 3.05) is 0 Å². The van der Waals surface area contributed by atoms with E-state index in [1.165, 1.54) is 0 Å². The van der Waals surface area contributed by atoms with Crippen molar-refractivity contribution in [3.63, 3.8) is 0 Å². The van der Waals surface area contributed by atoms with Gasteiger partial charge in [0.1, 0.15) is 5.82 Å². The Labute approximate surface area is 104 Å². The number of halogens is 4. The van der Waals surface area contributed by atoms with Crippen LogP contribution in [-0.2, 0) is 6.42 Å². The van der Waals surface area contributed by atoms with E-state index in [1.54, 1.807) is 6.92 Å². The summed E-state index contributed by atoms with van der Waals surface area (Å²) < 4.78 is 55.2. The summed E-state index contributed by atoms with van der Waals surface area (Å²) in [5.74, 6) is -2.33. The number of rotatable bonds is 4. The van der Waals surface area contributed by atoms with E-state index in [0.29, 0.717) is 0 Å². The Morgan fingerprint density at radius 3 is 2.58 bits per heavy atom. The molecule has 1 aromatic heterocycles. The van der Waals surface area contributed by atoms with Crippen LogP contribution in [0.1, 0.15) is 24.8 Å². The monoisotopic (exact) mass is 276 g/mol. The van der Waals surface area contributed by atoms with Gasteiger partial charge in [0, 0.05) is 15.7 Å². The van der Waals surface area contributed by atoms with Crippen molar-refractivity contribution in [3.8, 4) is 17.2 Å². The van der Waals surface area contributed by atoms with Crippen LogP contribution in [0.4, 0.5) is 17.7 Å². The maximum absolute atomic E-state index is 13.7. The molecule has 2 rings (SSSR count). The molecule has 0 saturated carbocycles. The average Bonchev–Trinajstić information content (AvgIpc) is 2.87. The van der Waals surface area contributed by atoms with Crippen molar-refractivity contribution in [1.82, 2.24) is 10.2 Å². The first kappa shape index (κ1) is 13.3. The second-order valence-corrected chi connectivity index (χ2v) is 3.61. The van der Waals surface area contributed by atoms with Gasteiger partial charge in [-0.3, -0.25) is 4.94 Å². The summed E-state index contributed by atoms with van der Waals surface area (Å²) in [6.45, 7) is 1.61. The van der Waals surface area contributed by atoms with E-state index in [2.05, 4.69) is 19.6 Å². The summed E-state index contributed by atoms with van der Waals surface area (Å²) in [7, 11) is 0. The number of benzene rings is 1. The topological polar surface area (TPSA) is 48.2 Å². The summed E-state index contributed by atoms with van der Waals surface area (Å²) >= 11 is 0. The lowest BCUT2D eigenvalue weighted by Crippen LogP contribution is -1.94. The molecule has 0 saturated heterocycles. The fourth-order valence-corrected chi connectivity index (χ4v) is 1.59. The lowest BCUT2D eigenvalue weighted by atomic mass is 10.1. The van der Waals surface area contributed by atoms with Crippen LogP contribution in [0.3, 0.4) is 0 Å². The molecule has 0 amide bonds. The van der Waals surface area contributed by atoms with Gasteiger partial charge in [0.2, 0.25) is 5.89 Å². The standard InChI is InChI=1S/C11H8F4N2O2/c1-2-6-7(12)3-5(4-8(6)19-15)10-16-17-11(18-10)9(13)14/h3-4,9H,2H2,1H3. The van der Waals surface area contributed by atoms with Gasteiger partial charge in [-0.05, 0) is 18.6 Å². The third-order valence-electron chi connectivity index (χ3n) is 2.47. The molecule has 0 fully saturated rings. The number of aromatic nitrogens is 2. The fourth-order valence-electron chi connectivity index (χ4n) is 1.59. The molecular formula is C11H8F4N2O2. The molecule has 0 radical (unpaired) electrons. The zero-order valence-electron chi connectivity index (χ0n) is 9.66. The Kier molecular flexibility index (Phi) is 3.68. The highest BCUT2D eigenvalue weighted by atomic mass is 19.3. The van der Waals surface area contributed by atoms with Gasteiger partial charge in [-0.2, -0.15) is 8.78 Å². The minimum Gasteiger partial charge on any atom is -0.415 e. The summed E-state index contributed by atoms with van der Waals surface area (Å²) in [6, 6.07) is 2.09. The molecule has 1 heterocycles. The van der Waals surface area contributed by atoms with Gasteiger partial charge in [0.15, 0.2) is 5.75 Å². The Balaban J connectivity index is 2.47. The van der Waals surface area contributed by atoms with Gasteiger partial charge in [0.05, 0.1) is 0 Å². The highest BCUT2D eigenvalue weighted by Crippen LogP contribution is 2.31. The van der Waals surface area contributed by atoms with E-state index in [4.69, 9.17) is 0 Å². The third kappa shape index (κ3) is 2.51. The first-order valence-electron chi connectivity index (χ1n) is 5.29. The molecule has 0 aliphatic rings. The molecule has 8 heteroatoms. The van der Waals surface area contributed by atoms with Gasteiger partial charge in [-0.15, -0.1) is 10.2 Å². The number of nitrogens with zero attached hydrogens (tertiary/aromatic N) is 2. The molecule has 0 unspecified atom stereocenters. The highest BCUT2D eigenvalue weighted by Gasteiger charge is 2.19. The van der Waals surface area contributed by atoms with Crippen molar-refractivity contribution < 1.29 is 27.1 Å². The predicted octanol–water partition coefficient (Wildman–Crippen LogP) is 3.64. The summed E-state index contributed by atoms with van der Waals surface area (Å²) in [4.78, 5) is 3.56. The summed E-state index contributed by atoms with van der Waals surface area (Å²) in [5.41, 5.74) is -0.0124. The second kappa shape index (κ2) is 5.25. The van der Waals surface area contributed by atoms with Crippen LogP contribution in [0.15, 0.2) is 16.5 Å². The molecule has 19 heavy (non-hydrogen) atoms. The van der Waals surface area contributed by atoms with Gasteiger partial charge < -0.3 is 4.42 Å². The molecule has 0 N–H and O–H groups in total. The Hall–Kier alpha value is -2.12. The average molecular weight is 276 g/mol. The maximum Gasteiger partial charge on any atom is 0.314 e. The first-order valence-corrected chi connectivity index (χ1v) is 5.29. The lowest BCUT2D eigenvalue weighted by molar-refractivity contribution is -0.00764. The van der Waals surface area contributed by atoms with Gasteiger partial charge in [0.25, 0.3) is 5.89 Å². The molecule has 0 aliphatic heterocycles. The van der Waals surface area contributed by atoms with Crippen LogP contribution in [-0.4, -0.2) is 10.2 Å². The summed E-state index contributed by atoms with van der Waals surface area (Å²) in [5, 5.41) is 6.43. The zero-order valence-corrected chi connectivity index (χ0v) is 9.66. The van der Waals surface area contributed by atoms with E-state index < -0.39 is 18.1 Å². The van der Waals surface area contributed by atoms with Crippen LogP contribution >= 0.6 is 0 Å². The molecule has 1 aromatic carbocycles. The zero-order chi connectivity index (χ0) is 14.0. The minimum atomic E-state index is -2.93. The van der Waals surface area contributed by atoms with E-state index in [-0.39, 0.29) is 29.2 Å². The Bertz CT molecular complexity index is 586. The van der Waals surface area contributed by atoms with Gasteiger partial charge in [-0.25, -0.2) is 4.39 Å². The van der Waals surface area contributed by atoms with Crippen LogP contribution in [0.25, 0.3) is 11.5 Å². The normalized spacial score (nSPS) is 11.1. The minimum absolute atomic E-state index is 0.0276. The Morgan fingerprint density at radius 1 is 1.32 bits per heavy atom. The molecule has 0 aliphatic carbocycles. The van der Waals surface area contributed by atoms with Crippen LogP contribution in [0.5, 0.6) is 5.75 Å². The number of hydrogen-bond donors (Lipinski definition) is 0. The maximum atomic E-state index is 13.7. The van der Waals surface area contributed by atoms with E-state index in [1.807, 2.05) is 0 Å². The lowest BCUT2D eigenvalue weighted by Gasteiger charge is -2.05. The van der Waals surface area contributed by atoms with Gasteiger partial charge in [-0.1, -0.05) is 6.92 Å². The first-order chi connectivity index (χ1) is 9.06. The third-order valence-corrected chi connectivity index (χ3v) is 2.47. The quantitative estimate of drug-likeness (QED) is 0.800. The van der Waals surface area contributed by atoms with Crippen LogP contribution in [0, 0.1) is 5.82 Å². The van der Waals surface area contributed by atoms with Crippen LogP contribution in [0.2, 0.25) is 0 Å². The summed E-state index contributed by atoms with van der Waals surface area (Å²) in [6.07, 6.45) is -2.73. The predicted molar refractivity (Wildman–Crippen MR) is 55.8 cm³/mol. The van der Waals surface area contributed by atoms with Gasteiger partial charge >= 0.3 is 6.43 Å². The van der Waals surface area contributed by atoms with Crippen molar-refractivity contribution in [2.45, 2.75) is 19.8 Å². The van der Waals surface area contributed by atoms with Crippen molar-refractivity contribution >= 4 is 0 Å². The van der Waals surface area contributed by atoms with Crippen molar-refractivity contribution in [2.24, 2.45) is 0 Å². The van der Waals surface area contributed by atoms with E-state index in [9.17, 15) is 17.7 Å².